The summed E-state index contributed by atoms with van der Waals surface area (Å²) in [6, 6.07) is 73.0. The highest BCUT2D eigenvalue weighted by Gasteiger charge is 2.25. The first kappa shape index (κ1) is 29.2. The summed E-state index contributed by atoms with van der Waals surface area (Å²) in [4.78, 5) is 0. The van der Waals surface area contributed by atoms with Crippen molar-refractivity contribution in [2.24, 2.45) is 0 Å². The number of hydrogen-bond acceptors (Lipinski definition) is 0. The lowest BCUT2D eigenvalue weighted by atomic mass is 9.85. The number of hydrogen-bond donors (Lipinski definition) is 0. The number of rotatable bonds is 5. The van der Waals surface area contributed by atoms with E-state index in [1.165, 1.54) is 87.9 Å². The van der Waals surface area contributed by atoms with E-state index >= 15 is 0 Å². The van der Waals surface area contributed by atoms with Crippen LogP contribution in [0.3, 0.4) is 0 Å². The second-order valence-electron chi connectivity index (χ2n) is 13.3. The third-order valence-electron chi connectivity index (χ3n) is 10.3. The van der Waals surface area contributed by atoms with Gasteiger partial charge in [-0.1, -0.05) is 176 Å². The number of nitrogens with zero attached hydrogens (tertiary/aromatic N) is 1. The molecular weight excluding hydrogens is 615 g/mol. The summed E-state index contributed by atoms with van der Waals surface area (Å²) < 4.78 is 2.50. The van der Waals surface area contributed by atoms with E-state index in [0.717, 1.165) is 5.69 Å². The van der Waals surface area contributed by atoms with Gasteiger partial charge in [0.05, 0.1) is 11.2 Å². The van der Waals surface area contributed by atoms with Crippen LogP contribution < -0.4 is 0 Å². The fraction of sp³-hybridized carbons (Fsp3) is 0. The highest BCUT2D eigenvalue weighted by atomic mass is 15.0. The van der Waals surface area contributed by atoms with E-state index in [0.29, 0.717) is 0 Å². The van der Waals surface area contributed by atoms with Crippen LogP contribution in [0.25, 0.3) is 93.5 Å². The average molecular weight is 648 g/mol. The van der Waals surface area contributed by atoms with Gasteiger partial charge in [0.1, 0.15) is 0 Å². The third-order valence-corrected chi connectivity index (χ3v) is 10.3. The van der Waals surface area contributed by atoms with Crippen molar-refractivity contribution in [3.63, 3.8) is 0 Å². The molecule has 1 aromatic heterocycles. The summed E-state index contributed by atoms with van der Waals surface area (Å²) in [7, 11) is 0. The molecule has 1 heterocycles. The molecule has 0 fully saturated rings. The molecule has 0 aliphatic heterocycles. The molecule has 0 bridgehead atoms. The Labute approximate surface area is 297 Å². The SMILES string of the molecule is c1ccc(-c2c3ccccc3c(-c3ccccc3)c3cc4c(cc23)c(-c2ccccc2)c(-c2ccccc2)n4-c2ccc3ccccc3c2)cc1. The number of benzene rings is 9. The van der Waals surface area contributed by atoms with Crippen molar-refractivity contribution in [3.05, 3.63) is 200 Å². The van der Waals surface area contributed by atoms with Gasteiger partial charge in [0.2, 0.25) is 0 Å². The minimum Gasteiger partial charge on any atom is -0.309 e. The van der Waals surface area contributed by atoms with E-state index in [4.69, 9.17) is 0 Å². The molecule has 0 saturated carbocycles. The highest BCUT2D eigenvalue weighted by molar-refractivity contribution is 6.25. The first-order valence-corrected chi connectivity index (χ1v) is 17.6. The Morgan fingerprint density at radius 3 is 1.29 bits per heavy atom. The maximum atomic E-state index is 2.50. The summed E-state index contributed by atoms with van der Waals surface area (Å²) in [6.07, 6.45) is 0. The number of aromatic nitrogens is 1. The topological polar surface area (TPSA) is 4.93 Å². The van der Waals surface area contributed by atoms with E-state index in [9.17, 15) is 0 Å². The Hall–Kier alpha value is -6.70. The first-order valence-electron chi connectivity index (χ1n) is 17.6. The lowest BCUT2D eigenvalue weighted by Gasteiger charge is -2.19. The standard InChI is InChI=1S/C50H33N/c1-5-18-35(19-6-1)47-41-27-15-16-28-42(41)48(36-20-7-2-8-21-36)44-33-46-45(32-43(44)47)49(37-22-9-3-10-23-37)50(38-24-11-4-12-25-38)51(46)40-30-29-34-17-13-14-26-39(34)31-40/h1-33H. The molecule has 10 rings (SSSR count). The van der Waals surface area contributed by atoms with Crippen LogP contribution in [0.4, 0.5) is 0 Å². The maximum absolute atomic E-state index is 2.50. The van der Waals surface area contributed by atoms with Crippen LogP contribution in [0.5, 0.6) is 0 Å². The summed E-state index contributed by atoms with van der Waals surface area (Å²) in [6.45, 7) is 0. The molecule has 238 valence electrons. The van der Waals surface area contributed by atoms with Gasteiger partial charge < -0.3 is 4.57 Å². The number of fused-ring (bicyclic) bond motifs is 4. The molecular formula is C50H33N. The van der Waals surface area contributed by atoms with Crippen molar-refractivity contribution in [1.82, 2.24) is 4.57 Å². The summed E-state index contributed by atoms with van der Waals surface area (Å²) in [5, 5.41) is 8.69. The molecule has 0 N–H and O–H groups in total. The molecule has 0 unspecified atom stereocenters. The molecule has 9 aromatic carbocycles. The normalized spacial score (nSPS) is 11.5. The van der Waals surface area contributed by atoms with Crippen molar-refractivity contribution in [3.8, 4) is 50.3 Å². The predicted molar refractivity (Wildman–Crippen MR) is 218 cm³/mol. The van der Waals surface area contributed by atoms with E-state index in [1.54, 1.807) is 0 Å². The second kappa shape index (κ2) is 12.0. The van der Waals surface area contributed by atoms with Gasteiger partial charge in [0, 0.05) is 16.6 Å². The highest BCUT2D eigenvalue weighted by Crippen LogP contribution is 2.49. The summed E-state index contributed by atoms with van der Waals surface area (Å²) >= 11 is 0. The zero-order valence-electron chi connectivity index (χ0n) is 28.0. The smallest absolute Gasteiger partial charge is 0.0619 e. The molecule has 51 heavy (non-hydrogen) atoms. The van der Waals surface area contributed by atoms with Crippen LogP contribution in [0.2, 0.25) is 0 Å². The largest absolute Gasteiger partial charge is 0.309 e. The maximum Gasteiger partial charge on any atom is 0.0619 e. The van der Waals surface area contributed by atoms with Crippen LogP contribution >= 0.6 is 0 Å². The van der Waals surface area contributed by atoms with Crippen LogP contribution in [0.1, 0.15) is 0 Å². The van der Waals surface area contributed by atoms with Gasteiger partial charge in [0.15, 0.2) is 0 Å². The van der Waals surface area contributed by atoms with Crippen LogP contribution in [0, 0.1) is 0 Å². The van der Waals surface area contributed by atoms with Gasteiger partial charge in [-0.05, 0) is 90.0 Å². The molecule has 0 atom stereocenters. The molecule has 0 aliphatic rings. The van der Waals surface area contributed by atoms with E-state index < -0.39 is 0 Å². The fourth-order valence-electron chi connectivity index (χ4n) is 8.14. The molecule has 1 heteroatoms. The zero-order valence-corrected chi connectivity index (χ0v) is 28.0. The van der Waals surface area contributed by atoms with Crippen molar-refractivity contribution < 1.29 is 0 Å². The Balaban J connectivity index is 1.46. The van der Waals surface area contributed by atoms with Crippen molar-refractivity contribution in [1.29, 1.82) is 0 Å². The monoisotopic (exact) mass is 647 g/mol. The molecule has 1 nitrogen and oxygen atoms in total. The third kappa shape index (κ3) is 4.78. The lowest BCUT2D eigenvalue weighted by Crippen LogP contribution is -1.98. The van der Waals surface area contributed by atoms with Crippen molar-refractivity contribution >= 4 is 43.2 Å². The Morgan fingerprint density at radius 2 is 0.725 bits per heavy atom. The van der Waals surface area contributed by atoms with E-state index in [-0.39, 0.29) is 0 Å². The Kier molecular flexibility index (Phi) is 6.89. The predicted octanol–water partition coefficient (Wildman–Crippen LogP) is 13.8. The van der Waals surface area contributed by atoms with Gasteiger partial charge in [-0.25, -0.2) is 0 Å². The van der Waals surface area contributed by atoms with Crippen LogP contribution in [0.15, 0.2) is 200 Å². The molecule has 0 spiro atoms. The Morgan fingerprint density at radius 1 is 0.275 bits per heavy atom. The van der Waals surface area contributed by atoms with Gasteiger partial charge in [-0.2, -0.15) is 0 Å². The van der Waals surface area contributed by atoms with E-state index in [2.05, 4.69) is 205 Å². The van der Waals surface area contributed by atoms with Crippen molar-refractivity contribution in [2.45, 2.75) is 0 Å². The van der Waals surface area contributed by atoms with Crippen molar-refractivity contribution in [2.75, 3.05) is 0 Å². The quantitative estimate of drug-likeness (QED) is 0.164. The molecule has 0 aliphatic carbocycles. The zero-order chi connectivity index (χ0) is 33.7. The van der Waals surface area contributed by atoms with Gasteiger partial charge in [-0.15, -0.1) is 0 Å². The van der Waals surface area contributed by atoms with E-state index in [1.807, 2.05) is 0 Å². The lowest BCUT2D eigenvalue weighted by molar-refractivity contribution is 1.14. The second-order valence-corrected chi connectivity index (χ2v) is 13.3. The summed E-state index contributed by atoms with van der Waals surface area (Å²) in [5.41, 5.74) is 12.1. The average Bonchev–Trinajstić information content (AvgIpc) is 3.54. The van der Waals surface area contributed by atoms with Gasteiger partial charge >= 0.3 is 0 Å². The Bertz CT molecular complexity index is 2870. The molecule has 10 aromatic rings. The summed E-state index contributed by atoms with van der Waals surface area (Å²) in [5.74, 6) is 0. The molecule has 0 radical (unpaired) electrons. The minimum absolute atomic E-state index is 1.14. The van der Waals surface area contributed by atoms with Crippen LogP contribution in [-0.4, -0.2) is 4.57 Å². The van der Waals surface area contributed by atoms with Crippen LogP contribution in [-0.2, 0) is 0 Å². The molecule has 0 saturated heterocycles. The minimum atomic E-state index is 1.14. The van der Waals surface area contributed by atoms with Gasteiger partial charge in [-0.3, -0.25) is 0 Å². The molecule has 0 amide bonds. The first-order chi connectivity index (χ1) is 25.3. The van der Waals surface area contributed by atoms with Gasteiger partial charge in [0.25, 0.3) is 0 Å². The fourth-order valence-corrected chi connectivity index (χ4v) is 8.14.